The van der Waals surface area contributed by atoms with Crippen LogP contribution in [0.3, 0.4) is 0 Å². The van der Waals surface area contributed by atoms with Gasteiger partial charge in [0.15, 0.2) is 11.0 Å². The second-order valence-corrected chi connectivity index (χ2v) is 9.82. The Morgan fingerprint density at radius 2 is 1.59 bits per heavy atom. The molecule has 3 nitrogen and oxygen atoms in total. The van der Waals surface area contributed by atoms with Crippen molar-refractivity contribution >= 4 is 27.6 Å². The van der Waals surface area contributed by atoms with Crippen LogP contribution in [0.4, 0.5) is 0 Å². The fourth-order valence-electron chi connectivity index (χ4n) is 4.06. The predicted molar refractivity (Wildman–Crippen MR) is 114 cm³/mol. The molecule has 140 valence electrons. The monoisotopic (exact) mass is 360 g/mol. The standard InChI is InChI=1S/C24H30N3/c1-15-13-19(23(2,3)4)25-16-14-20(24(5,6)7)27-18-12-10-9-11-17(18)26(8)22(27)21(15)16/h9-14H,1-8H3/q+1. The Morgan fingerprint density at radius 1 is 0.926 bits per heavy atom. The lowest BCUT2D eigenvalue weighted by atomic mass is 9.88. The van der Waals surface area contributed by atoms with Gasteiger partial charge in [0.1, 0.15) is 5.69 Å². The zero-order chi connectivity index (χ0) is 19.7. The first kappa shape index (κ1) is 18.0. The molecule has 4 rings (SSSR count). The number of hydrogen-bond acceptors (Lipinski definition) is 1. The molecule has 0 amide bonds. The highest BCUT2D eigenvalue weighted by Crippen LogP contribution is 2.34. The SMILES string of the molecule is Cc1cc(C(C)(C)C)nc2cc(C(C)(C)C)n3c4ccccc4[n+](C)c3c12. The third-order valence-corrected chi connectivity index (χ3v) is 5.53. The number of rotatable bonds is 0. The minimum atomic E-state index is 0.00849. The number of aryl methyl sites for hydroxylation is 2. The van der Waals surface area contributed by atoms with E-state index in [1.807, 2.05) is 0 Å². The molecule has 0 spiro atoms. The van der Waals surface area contributed by atoms with Gasteiger partial charge < -0.3 is 0 Å². The van der Waals surface area contributed by atoms with Crippen molar-refractivity contribution in [2.75, 3.05) is 0 Å². The van der Waals surface area contributed by atoms with E-state index >= 15 is 0 Å². The van der Waals surface area contributed by atoms with Crippen molar-refractivity contribution in [1.82, 2.24) is 9.38 Å². The molecule has 0 aliphatic heterocycles. The Labute approximate surface area is 161 Å². The van der Waals surface area contributed by atoms with E-state index in [0.717, 1.165) is 11.2 Å². The van der Waals surface area contributed by atoms with E-state index < -0.39 is 0 Å². The van der Waals surface area contributed by atoms with Gasteiger partial charge in [0.2, 0.25) is 0 Å². The van der Waals surface area contributed by atoms with Crippen molar-refractivity contribution in [1.29, 1.82) is 0 Å². The van der Waals surface area contributed by atoms with Gasteiger partial charge in [0, 0.05) is 22.6 Å². The summed E-state index contributed by atoms with van der Waals surface area (Å²) < 4.78 is 4.75. The summed E-state index contributed by atoms with van der Waals surface area (Å²) in [5, 5.41) is 1.25. The van der Waals surface area contributed by atoms with Gasteiger partial charge >= 0.3 is 0 Å². The average molecular weight is 361 g/mol. The average Bonchev–Trinajstić information content (AvgIpc) is 2.86. The Balaban J connectivity index is 2.32. The van der Waals surface area contributed by atoms with Gasteiger partial charge in [0.25, 0.3) is 5.65 Å². The normalized spacial score (nSPS) is 13.2. The van der Waals surface area contributed by atoms with Gasteiger partial charge in [-0.3, -0.25) is 4.98 Å². The number of benzene rings is 1. The third kappa shape index (κ3) is 2.63. The summed E-state index contributed by atoms with van der Waals surface area (Å²) >= 11 is 0. The molecule has 1 aromatic carbocycles. The summed E-state index contributed by atoms with van der Waals surface area (Å²) in [4.78, 5) is 5.12. The number of nitrogens with zero attached hydrogens (tertiary/aromatic N) is 3. The van der Waals surface area contributed by atoms with E-state index in [1.54, 1.807) is 0 Å². The smallest absolute Gasteiger partial charge is 0.252 e. The van der Waals surface area contributed by atoms with Gasteiger partial charge in [-0.1, -0.05) is 53.7 Å². The summed E-state index contributed by atoms with van der Waals surface area (Å²) in [6, 6.07) is 13.2. The van der Waals surface area contributed by atoms with Gasteiger partial charge in [-0.2, -0.15) is 4.40 Å². The van der Waals surface area contributed by atoms with E-state index in [-0.39, 0.29) is 10.8 Å². The van der Waals surface area contributed by atoms with E-state index in [2.05, 4.69) is 101 Å². The van der Waals surface area contributed by atoms with Crippen LogP contribution in [0.1, 0.15) is 58.5 Å². The quantitative estimate of drug-likeness (QED) is 0.386. The van der Waals surface area contributed by atoms with E-state index in [1.165, 1.54) is 33.3 Å². The van der Waals surface area contributed by atoms with Crippen LogP contribution in [0.2, 0.25) is 0 Å². The maximum Gasteiger partial charge on any atom is 0.297 e. The molecule has 0 saturated heterocycles. The van der Waals surface area contributed by atoms with E-state index in [0.29, 0.717) is 0 Å². The first-order valence-corrected chi connectivity index (χ1v) is 9.74. The Morgan fingerprint density at radius 3 is 2.22 bits per heavy atom. The lowest BCUT2D eigenvalue weighted by molar-refractivity contribution is -0.617. The number of hydrogen-bond donors (Lipinski definition) is 0. The summed E-state index contributed by atoms with van der Waals surface area (Å²) in [5.41, 5.74) is 8.58. The topological polar surface area (TPSA) is 21.2 Å². The lowest BCUT2D eigenvalue weighted by Crippen LogP contribution is -2.29. The second-order valence-electron chi connectivity index (χ2n) is 9.82. The zero-order valence-corrected chi connectivity index (χ0v) is 17.8. The molecular weight excluding hydrogens is 330 g/mol. The molecule has 0 aliphatic rings. The Bertz CT molecular complexity index is 1200. The predicted octanol–water partition coefficient (Wildman–Crippen LogP) is 5.37. The van der Waals surface area contributed by atoms with Crippen LogP contribution in [0, 0.1) is 6.92 Å². The van der Waals surface area contributed by atoms with Crippen molar-refractivity contribution < 1.29 is 4.57 Å². The third-order valence-electron chi connectivity index (χ3n) is 5.53. The van der Waals surface area contributed by atoms with E-state index in [9.17, 15) is 0 Å². The number of aromatic nitrogens is 3. The Kier molecular flexibility index (Phi) is 3.69. The molecule has 0 fully saturated rings. The van der Waals surface area contributed by atoms with Gasteiger partial charge in [-0.15, -0.1) is 0 Å². The first-order valence-electron chi connectivity index (χ1n) is 9.74. The highest BCUT2D eigenvalue weighted by molar-refractivity contribution is 5.96. The van der Waals surface area contributed by atoms with Gasteiger partial charge in [-0.05, 0) is 30.7 Å². The molecule has 0 saturated carbocycles. The molecule has 0 N–H and O–H groups in total. The van der Waals surface area contributed by atoms with Crippen LogP contribution in [0.5, 0.6) is 0 Å². The largest absolute Gasteiger partial charge is 0.297 e. The van der Waals surface area contributed by atoms with Crippen LogP contribution < -0.4 is 4.57 Å². The van der Waals surface area contributed by atoms with Gasteiger partial charge in [-0.25, -0.2) is 4.57 Å². The highest BCUT2D eigenvalue weighted by Gasteiger charge is 2.30. The Hall–Kier alpha value is -2.42. The van der Waals surface area contributed by atoms with Crippen molar-refractivity contribution in [3.05, 3.63) is 53.3 Å². The lowest BCUT2D eigenvalue weighted by Gasteiger charge is -2.21. The number of fused-ring (bicyclic) bond motifs is 5. The first-order chi connectivity index (χ1) is 12.5. The maximum atomic E-state index is 5.12. The molecular formula is C24H30N3+. The summed E-state index contributed by atoms with van der Waals surface area (Å²) in [6.07, 6.45) is 0. The minimum absolute atomic E-state index is 0.00849. The van der Waals surface area contributed by atoms with Crippen LogP contribution in [0.25, 0.3) is 27.6 Å². The van der Waals surface area contributed by atoms with Crippen LogP contribution in [0.15, 0.2) is 36.4 Å². The molecule has 3 aromatic heterocycles. The van der Waals surface area contributed by atoms with Gasteiger partial charge in [0.05, 0.1) is 18.0 Å². The number of imidazole rings is 1. The van der Waals surface area contributed by atoms with Crippen molar-refractivity contribution in [2.24, 2.45) is 7.05 Å². The zero-order valence-electron chi connectivity index (χ0n) is 17.8. The maximum absolute atomic E-state index is 5.12. The molecule has 4 aromatic rings. The summed E-state index contributed by atoms with van der Waals surface area (Å²) in [7, 11) is 2.17. The fraction of sp³-hybridized carbons (Fsp3) is 0.417. The minimum Gasteiger partial charge on any atom is -0.252 e. The second kappa shape index (κ2) is 5.54. The molecule has 0 radical (unpaired) electrons. The molecule has 27 heavy (non-hydrogen) atoms. The van der Waals surface area contributed by atoms with Crippen molar-refractivity contribution in [3.8, 4) is 0 Å². The molecule has 0 unspecified atom stereocenters. The molecule has 3 heteroatoms. The molecule has 0 aliphatic carbocycles. The van der Waals surface area contributed by atoms with E-state index in [4.69, 9.17) is 4.98 Å². The molecule has 0 atom stereocenters. The van der Waals surface area contributed by atoms with Crippen LogP contribution in [-0.2, 0) is 17.9 Å². The molecule has 3 heterocycles. The number of para-hydroxylation sites is 2. The summed E-state index contributed by atoms with van der Waals surface area (Å²) in [5.74, 6) is 0. The number of pyridine rings is 2. The van der Waals surface area contributed by atoms with Crippen molar-refractivity contribution in [3.63, 3.8) is 0 Å². The fourth-order valence-corrected chi connectivity index (χ4v) is 4.06. The summed E-state index contributed by atoms with van der Waals surface area (Å²) in [6.45, 7) is 15.8. The van der Waals surface area contributed by atoms with Crippen LogP contribution >= 0.6 is 0 Å². The molecule has 0 bridgehead atoms. The van der Waals surface area contributed by atoms with Crippen LogP contribution in [-0.4, -0.2) is 9.38 Å². The highest BCUT2D eigenvalue weighted by atomic mass is 15.1. The van der Waals surface area contributed by atoms with Crippen molar-refractivity contribution in [2.45, 2.75) is 59.3 Å².